The lowest BCUT2D eigenvalue weighted by Gasteiger charge is -2.54. The smallest absolute Gasteiger partial charge is 0.338 e. The number of carboxylic acids is 1. The SMILES string of the molecule is COC(=O)C1=CC[C@@]23CC[C@@H]([C@@](C)(/C=C/C=C(\C)C(=O)O)OC2=O)[C@@]3(OC(=O)c2ccccc2)CC1. The molecule has 1 heterocycles. The molecular weight excluding hydrogens is 464 g/mol. The van der Waals surface area contributed by atoms with E-state index in [-0.39, 0.29) is 24.8 Å². The zero-order valence-corrected chi connectivity index (χ0v) is 20.6. The molecule has 0 spiro atoms. The first-order valence-electron chi connectivity index (χ1n) is 12.0. The number of cyclic esters (lactones) is 1. The number of allylic oxidation sites excluding steroid dienone is 3. The number of carboxylic acid groups (broad SMARTS) is 1. The fourth-order valence-electron chi connectivity index (χ4n) is 5.99. The van der Waals surface area contributed by atoms with Gasteiger partial charge >= 0.3 is 23.9 Å². The number of hydrogen-bond acceptors (Lipinski definition) is 7. The first kappa shape index (κ1) is 25.4. The molecule has 1 N–H and O–H groups in total. The van der Waals surface area contributed by atoms with Gasteiger partial charge in [0, 0.05) is 17.1 Å². The Bertz CT molecular complexity index is 1180. The van der Waals surface area contributed by atoms with Gasteiger partial charge in [-0.05, 0) is 64.2 Å². The topological polar surface area (TPSA) is 116 Å². The van der Waals surface area contributed by atoms with Crippen LogP contribution in [-0.2, 0) is 28.6 Å². The lowest BCUT2D eigenvalue weighted by molar-refractivity contribution is -0.224. The van der Waals surface area contributed by atoms with Crippen molar-refractivity contribution in [2.75, 3.05) is 7.11 Å². The van der Waals surface area contributed by atoms with Crippen LogP contribution in [0.25, 0.3) is 0 Å². The molecule has 4 rings (SSSR count). The Kier molecular flexibility index (Phi) is 6.64. The van der Waals surface area contributed by atoms with E-state index in [0.29, 0.717) is 24.0 Å². The quantitative estimate of drug-likeness (QED) is 0.271. The lowest BCUT2D eigenvalue weighted by atomic mass is 9.62. The summed E-state index contributed by atoms with van der Waals surface area (Å²) in [4.78, 5) is 50.7. The Labute approximate surface area is 209 Å². The van der Waals surface area contributed by atoms with Crippen LogP contribution in [0.15, 0.2) is 65.8 Å². The highest BCUT2D eigenvalue weighted by Gasteiger charge is 2.74. The molecule has 2 bridgehead atoms. The minimum Gasteiger partial charge on any atom is -0.478 e. The van der Waals surface area contributed by atoms with Crippen molar-refractivity contribution in [2.24, 2.45) is 11.3 Å². The first-order valence-corrected chi connectivity index (χ1v) is 12.0. The average molecular weight is 495 g/mol. The largest absolute Gasteiger partial charge is 0.478 e. The van der Waals surface area contributed by atoms with Gasteiger partial charge in [0.25, 0.3) is 0 Å². The van der Waals surface area contributed by atoms with Crippen molar-refractivity contribution in [1.29, 1.82) is 0 Å². The molecule has 1 aliphatic heterocycles. The molecule has 8 heteroatoms. The number of ether oxygens (including phenoxy) is 3. The van der Waals surface area contributed by atoms with E-state index in [1.54, 1.807) is 55.5 Å². The van der Waals surface area contributed by atoms with Crippen molar-refractivity contribution in [3.63, 3.8) is 0 Å². The highest BCUT2D eigenvalue weighted by atomic mass is 16.6. The maximum Gasteiger partial charge on any atom is 0.338 e. The van der Waals surface area contributed by atoms with E-state index >= 15 is 0 Å². The summed E-state index contributed by atoms with van der Waals surface area (Å²) in [5.41, 5.74) is -2.59. The molecule has 0 radical (unpaired) electrons. The zero-order chi connectivity index (χ0) is 26.1. The predicted molar refractivity (Wildman–Crippen MR) is 129 cm³/mol. The number of methoxy groups -OCH3 is 1. The zero-order valence-electron chi connectivity index (χ0n) is 20.6. The maximum absolute atomic E-state index is 13.7. The van der Waals surface area contributed by atoms with E-state index in [1.165, 1.54) is 20.1 Å². The lowest BCUT2D eigenvalue weighted by Crippen LogP contribution is -2.65. The number of esters is 3. The molecule has 36 heavy (non-hydrogen) atoms. The molecule has 2 aliphatic carbocycles. The van der Waals surface area contributed by atoms with Crippen molar-refractivity contribution in [3.8, 4) is 0 Å². The van der Waals surface area contributed by atoms with Crippen LogP contribution in [-0.4, -0.2) is 47.3 Å². The molecule has 1 saturated heterocycles. The Morgan fingerprint density at radius 3 is 2.53 bits per heavy atom. The Morgan fingerprint density at radius 1 is 1.14 bits per heavy atom. The monoisotopic (exact) mass is 494 g/mol. The summed E-state index contributed by atoms with van der Waals surface area (Å²) in [6.07, 6.45) is 8.06. The van der Waals surface area contributed by atoms with E-state index in [4.69, 9.17) is 19.3 Å². The van der Waals surface area contributed by atoms with Crippen molar-refractivity contribution in [1.82, 2.24) is 0 Å². The first-order chi connectivity index (χ1) is 17.1. The molecule has 0 amide bonds. The molecule has 190 valence electrons. The van der Waals surface area contributed by atoms with Gasteiger partial charge in [0.2, 0.25) is 0 Å². The van der Waals surface area contributed by atoms with Gasteiger partial charge in [-0.3, -0.25) is 4.79 Å². The van der Waals surface area contributed by atoms with Crippen molar-refractivity contribution in [2.45, 2.75) is 57.2 Å². The summed E-state index contributed by atoms with van der Waals surface area (Å²) in [6, 6.07) is 8.58. The van der Waals surface area contributed by atoms with Gasteiger partial charge in [-0.15, -0.1) is 0 Å². The third-order valence-electron chi connectivity index (χ3n) is 7.93. The molecule has 4 atom stereocenters. The van der Waals surface area contributed by atoms with E-state index in [1.807, 2.05) is 0 Å². The summed E-state index contributed by atoms with van der Waals surface area (Å²) in [7, 11) is 1.31. The summed E-state index contributed by atoms with van der Waals surface area (Å²) < 4.78 is 17.3. The third-order valence-corrected chi connectivity index (χ3v) is 7.93. The molecule has 2 fully saturated rings. The van der Waals surface area contributed by atoms with E-state index in [2.05, 4.69) is 0 Å². The molecule has 0 aromatic heterocycles. The fraction of sp³-hybridized carbons (Fsp3) is 0.429. The molecule has 1 saturated carbocycles. The van der Waals surface area contributed by atoms with Crippen LogP contribution in [0.5, 0.6) is 0 Å². The standard InChI is InChI=1S/C28H30O8/c1-18(22(29)30)8-7-14-26(2)21-13-16-27(25(33)36-26)15-11-20(23(31)34-3)12-17-28(21,27)35-24(32)19-9-5-4-6-10-19/h4-11,14,21H,12-13,15-17H2,1-3H3,(H,29,30)/b14-7+,18-8+/t21-,26+,27+,28-/m0/s1. The van der Waals surface area contributed by atoms with Gasteiger partial charge < -0.3 is 19.3 Å². The summed E-state index contributed by atoms with van der Waals surface area (Å²) in [5, 5.41) is 9.16. The van der Waals surface area contributed by atoms with Crippen LogP contribution in [0.3, 0.4) is 0 Å². The second-order valence-electron chi connectivity index (χ2n) is 9.83. The molecule has 8 nitrogen and oxygen atoms in total. The maximum atomic E-state index is 13.7. The molecule has 1 aromatic rings. The van der Waals surface area contributed by atoms with Gasteiger partial charge in [0.05, 0.1) is 12.7 Å². The van der Waals surface area contributed by atoms with Crippen molar-refractivity contribution < 1.29 is 38.5 Å². The van der Waals surface area contributed by atoms with Crippen molar-refractivity contribution >= 4 is 23.9 Å². The number of benzene rings is 1. The van der Waals surface area contributed by atoms with Gasteiger partial charge in [0.1, 0.15) is 16.6 Å². The summed E-state index contributed by atoms with van der Waals surface area (Å²) in [6.45, 7) is 3.22. The number of rotatable bonds is 6. The second-order valence-corrected chi connectivity index (χ2v) is 9.83. The average Bonchev–Trinajstić information content (AvgIpc) is 3.01. The van der Waals surface area contributed by atoms with Gasteiger partial charge in [0.15, 0.2) is 0 Å². The van der Waals surface area contributed by atoms with Gasteiger partial charge in [-0.2, -0.15) is 0 Å². The van der Waals surface area contributed by atoms with Crippen LogP contribution in [0.1, 0.15) is 56.3 Å². The van der Waals surface area contributed by atoms with Crippen LogP contribution in [0.4, 0.5) is 0 Å². The van der Waals surface area contributed by atoms with Gasteiger partial charge in [-0.1, -0.05) is 36.4 Å². The number of carbonyl (C=O) groups excluding carboxylic acids is 3. The van der Waals surface area contributed by atoms with Crippen LogP contribution >= 0.6 is 0 Å². The molecule has 3 aliphatic rings. The predicted octanol–water partition coefficient (Wildman–Crippen LogP) is 4.16. The number of carbonyl (C=O) groups is 4. The van der Waals surface area contributed by atoms with Crippen molar-refractivity contribution in [3.05, 3.63) is 71.3 Å². The Balaban J connectivity index is 1.80. The van der Waals surface area contributed by atoms with E-state index in [9.17, 15) is 19.2 Å². The molecule has 0 unspecified atom stereocenters. The fourth-order valence-corrected chi connectivity index (χ4v) is 5.99. The second kappa shape index (κ2) is 9.41. The molecular formula is C28H30O8. The minimum absolute atomic E-state index is 0.129. The Hall–Kier alpha value is -3.68. The van der Waals surface area contributed by atoms with E-state index < -0.39 is 46.4 Å². The number of hydrogen-bond donors (Lipinski definition) is 1. The third kappa shape index (κ3) is 4.04. The summed E-state index contributed by atoms with van der Waals surface area (Å²) >= 11 is 0. The van der Waals surface area contributed by atoms with Crippen LogP contribution in [0.2, 0.25) is 0 Å². The minimum atomic E-state index is -1.23. The summed E-state index contributed by atoms with van der Waals surface area (Å²) in [5.74, 6) is -2.98. The van der Waals surface area contributed by atoms with Crippen LogP contribution in [0, 0.1) is 11.3 Å². The molecule has 1 aromatic carbocycles. The normalized spacial score (nSPS) is 31.6. The highest BCUT2D eigenvalue weighted by Crippen LogP contribution is 2.65. The number of aliphatic carboxylic acids is 1. The highest BCUT2D eigenvalue weighted by molar-refractivity contribution is 5.92. The Morgan fingerprint density at radius 2 is 1.86 bits per heavy atom. The van der Waals surface area contributed by atoms with Crippen LogP contribution < -0.4 is 0 Å². The van der Waals surface area contributed by atoms with Gasteiger partial charge in [-0.25, -0.2) is 14.4 Å². The van der Waals surface area contributed by atoms with E-state index in [0.717, 1.165) is 0 Å².